The molecule has 0 aliphatic carbocycles. The Labute approximate surface area is 167 Å². The molecule has 1 aromatic heterocycles. The van der Waals surface area contributed by atoms with Crippen molar-refractivity contribution in [2.24, 2.45) is 0 Å². The molecule has 0 unspecified atom stereocenters. The Bertz CT molecular complexity index is 734. The topological polar surface area (TPSA) is 72.1 Å². The SMILES string of the molecule is CCCCC(CC)(CC)c1nnc(NC(=S)c2c(OC)cccc2OC)[nH]1. The number of nitrogens with one attached hydrogen (secondary N) is 2. The lowest BCUT2D eigenvalue weighted by atomic mass is 9.77. The number of nitrogens with zero attached hydrogens (tertiary/aromatic N) is 2. The number of benzene rings is 1. The highest BCUT2D eigenvalue weighted by Crippen LogP contribution is 2.35. The van der Waals surface area contributed by atoms with E-state index in [9.17, 15) is 0 Å². The van der Waals surface area contributed by atoms with E-state index in [0.717, 1.165) is 25.1 Å². The molecule has 1 aromatic carbocycles. The van der Waals surface area contributed by atoms with E-state index in [1.54, 1.807) is 14.2 Å². The van der Waals surface area contributed by atoms with Crippen LogP contribution in [0.15, 0.2) is 18.2 Å². The third-order valence-electron chi connectivity index (χ3n) is 5.24. The molecule has 6 nitrogen and oxygen atoms in total. The van der Waals surface area contributed by atoms with Crippen molar-refractivity contribution in [3.63, 3.8) is 0 Å². The summed E-state index contributed by atoms with van der Waals surface area (Å²) in [6, 6.07) is 5.56. The van der Waals surface area contributed by atoms with E-state index < -0.39 is 0 Å². The van der Waals surface area contributed by atoms with Crippen LogP contribution in [-0.2, 0) is 5.41 Å². The number of ether oxygens (including phenoxy) is 2. The number of hydrogen-bond donors (Lipinski definition) is 2. The number of rotatable bonds is 10. The monoisotopic (exact) mass is 390 g/mol. The maximum atomic E-state index is 5.58. The molecule has 7 heteroatoms. The summed E-state index contributed by atoms with van der Waals surface area (Å²) >= 11 is 5.58. The highest BCUT2D eigenvalue weighted by molar-refractivity contribution is 7.81. The number of thiocarbonyl (C=S) groups is 1. The molecule has 0 bridgehead atoms. The van der Waals surface area contributed by atoms with Crippen molar-refractivity contribution in [1.82, 2.24) is 15.2 Å². The molecule has 0 atom stereocenters. The number of H-pyrrole nitrogens is 1. The van der Waals surface area contributed by atoms with Gasteiger partial charge in [-0.2, -0.15) is 0 Å². The van der Waals surface area contributed by atoms with Crippen LogP contribution in [0.25, 0.3) is 0 Å². The second-order valence-electron chi connectivity index (χ2n) is 6.60. The first kappa shape index (κ1) is 21.2. The summed E-state index contributed by atoms with van der Waals surface area (Å²) in [4.78, 5) is 3.81. The minimum absolute atomic E-state index is 0.0205. The van der Waals surface area contributed by atoms with Crippen molar-refractivity contribution < 1.29 is 9.47 Å². The van der Waals surface area contributed by atoms with Crippen LogP contribution >= 0.6 is 12.2 Å². The number of methoxy groups -OCH3 is 2. The minimum Gasteiger partial charge on any atom is -0.496 e. The van der Waals surface area contributed by atoms with Crippen LogP contribution in [0.4, 0.5) is 5.95 Å². The van der Waals surface area contributed by atoms with E-state index in [4.69, 9.17) is 21.7 Å². The largest absolute Gasteiger partial charge is 0.496 e. The van der Waals surface area contributed by atoms with Gasteiger partial charge in [-0.15, -0.1) is 10.2 Å². The van der Waals surface area contributed by atoms with E-state index in [-0.39, 0.29) is 5.41 Å². The summed E-state index contributed by atoms with van der Waals surface area (Å²) in [6.45, 7) is 6.63. The van der Waals surface area contributed by atoms with Crippen molar-refractivity contribution in [2.45, 2.75) is 58.3 Å². The van der Waals surface area contributed by atoms with E-state index in [0.29, 0.717) is 28.0 Å². The van der Waals surface area contributed by atoms with Crippen molar-refractivity contribution >= 4 is 23.2 Å². The molecule has 2 N–H and O–H groups in total. The molecule has 0 aliphatic rings. The molecule has 0 radical (unpaired) electrons. The Hall–Kier alpha value is -2.15. The van der Waals surface area contributed by atoms with Crippen molar-refractivity contribution in [1.29, 1.82) is 0 Å². The fraction of sp³-hybridized carbons (Fsp3) is 0.550. The lowest BCUT2D eigenvalue weighted by Gasteiger charge is -2.28. The molecular weight excluding hydrogens is 360 g/mol. The summed E-state index contributed by atoms with van der Waals surface area (Å²) in [5, 5.41) is 11.8. The standard InChI is InChI=1S/C20H30N4O2S/c1-6-9-13-20(7-2,8-3)18-22-19(24-23-18)21-17(27)16-14(25-4)11-10-12-15(16)26-5/h10-12H,6-9,13H2,1-5H3,(H2,21,22,23,24,27). The molecule has 1 heterocycles. The number of anilines is 1. The Balaban J connectivity index is 2.26. The van der Waals surface area contributed by atoms with Gasteiger partial charge in [0.15, 0.2) is 0 Å². The third kappa shape index (κ3) is 4.58. The van der Waals surface area contributed by atoms with Gasteiger partial charge in [0.2, 0.25) is 5.95 Å². The fourth-order valence-corrected chi connectivity index (χ4v) is 3.67. The van der Waals surface area contributed by atoms with Gasteiger partial charge in [-0.25, -0.2) is 0 Å². The normalized spacial score (nSPS) is 11.3. The van der Waals surface area contributed by atoms with Crippen LogP contribution in [0.2, 0.25) is 0 Å². The Kier molecular flexibility index (Phi) is 7.59. The van der Waals surface area contributed by atoms with Gasteiger partial charge >= 0.3 is 0 Å². The second kappa shape index (κ2) is 9.69. The first-order valence-electron chi connectivity index (χ1n) is 9.50. The van der Waals surface area contributed by atoms with E-state index in [1.807, 2.05) is 18.2 Å². The van der Waals surface area contributed by atoms with Gasteiger partial charge in [0, 0.05) is 5.41 Å². The lowest BCUT2D eigenvalue weighted by Crippen LogP contribution is -2.26. The molecule has 0 spiro atoms. The Morgan fingerprint density at radius 3 is 2.26 bits per heavy atom. The maximum absolute atomic E-state index is 5.58. The zero-order valence-corrected chi connectivity index (χ0v) is 17.7. The predicted octanol–water partition coefficient (Wildman–Crippen LogP) is 4.86. The maximum Gasteiger partial charge on any atom is 0.227 e. The zero-order chi connectivity index (χ0) is 19.9. The predicted molar refractivity (Wildman–Crippen MR) is 113 cm³/mol. The van der Waals surface area contributed by atoms with Crippen molar-refractivity contribution in [3.05, 3.63) is 29.6 Å². The van der Waals surface area contributed by atoms with Gasteiger partial charge in [0.25, 0.3) is 0 Å². The average molecular weight is 391 g/mol. The summed E-state index contributed by atoms with van der Waals surface area (Å²) in [5.74, 6) is 2.74. The number of aromatic nitrogens is 3. The third-order valence-corrected chi connectivity index (χ3v) is 5.54. The van der Waals surface area contributed by atoms with Crippen LogP contribution in [0.5, 0.6) is 11.5 Å². The molecule has 0 saturated heterocycles. The van der Waals surface area contributed by atoms with Crippen LogP contribution in [0.3, 0.4) is 0 Å². The summed E-state index contributed by atoms with van der Waals surface area (Å²) in [6.07, 6.45) is 5.46. The molecule has 2 aromatic rings. The molecule has 0 amide bonds. The van der Waals surface area contributed by atoms with Gasteiger partial charge < -0.3 is 19.8 Å². The van der Waals surface area contributed by atoms with Crippen LogP contribution in [0, 0.1) is 0 Å². The quantitative estimate of drug-likeness (QED) is 0.565. The molecule has 148 valence electrons. The summed E-state index contributed by atoms with van der Waals surface area (Å²) in [5.41, 5.74) is 0.714. The number of unbranched alkanes of at least 4 members (excludes halogenated alkanes) is 1. The van der Waals surface area contributed by atoms with E-state index >= 15 is 0 Å². The number of aromatic amines is 1. The van der Waals surface area contributed by atoms with Crippen molar-refractivity contribution in [3.8, 4) is 11.5 Å². The lowest BCUT2D eigenvalue weighted by molar-refractivity contribution is 0.335. The molecule has 2 rings (SSSR count). The molecular formula is C20H30N4O2S. The van der Waals surface area contributed by atoms with Crippen LogP contribution in [-0.4, -0.2) is 34.4 Å². The molecule has 0 aliphatic heterocycles. The van der Waals surface area contributed by atoms with Gasteiger partial charge in [-0.05, 0) is 31.4 Å². The Morgan fingerprint density at radius 1 is 1.11 bits per heavy atom. The highest BCUT2D eigenvalue weighted by atomic mass is 32.1. The smallest absolute Gasteiger partial charge is 0.227 e. The van der Waals surface area contributed by atoms with E-state index in [1.165, 1.54) is 12.8 Å². The minimum atomic E-state index is 0.0205. The summed E-state index contributed by atoms with van der Waals surface area (Å²) in [7, 11) is 3.22. The average Bonchev–Trinajstić information content (AvgIpc) is 3.17. The van der Waals surface area contributed by atoms with Crippen LogP contribution < -0.4 is 14.8 Å². The number of hydrogen-bond acceptors (Lipinski definition) is 5. The van der Waals surface area contributed by atoms with Crippen molar-refractivity contribution in [2.75, 3.05) is 19.5 Å². The summed E-state index contributed by atoms with van der Waals surface area (Å²) < 4.78 is 10.9. The first-order valence-corrected chi connectivity index (χ1v) is 9.91. The van der Waals surface area contributed by atoms with Gasteiger partial charge in [-0.3, -0.25) is 0 Å². The molecule has 27 heavy (non-hydrogen) atoms. The van der Waals surface area contributed by atoms with Gasteiger partial charge in [-0.1, -0.05) is 51.9 Å². The molecule has 0 saturated carbocycles. The van der Waals surface area contributed by atoms with E-state index in [2.05, 4.69) is 41.3 Å². The fourth-order valence-electron chi connectivity index (χ4n) is 3.37. The van der Waals surface area contributed by atoms with Crippen LogP contribution in [0.1, 0.15) is 64.3 Å². The van der Waals surface area contributed by atoms with Gasteiger partial charge in [0.1, 0.15) is 22.3 Å². The zero-order valence-electron chi connectivity index (χ0n) is 16.9. The van der Waals surface area contributed by atoms with Gasteiger partial charge in [0.05, 0.1) is 19.8 Å². The second-order valence-corrected chi connectivity index (χ2v) is 7.01. The highest BCUT2D eigenvalue weighted by Gasteiger charge is 2.31. The molecule has 0 fully saturated rings. The Morgan fingerprint density at radius 2 is 1.74 bits per heavy atom. The first-order chi connectivity index (χ1) is 13.0.